The van der Waals surface area contributed by atoms with Gasteiger partial charge in [0.1, 0.15) is 11.5 Å². The lowest BCUT2D eigenvalue weighted by molar-refractivity contribution is 0.584. The van der Waals surface area contributed by atoms with Gasteiger partial charge in [-0.25, -0.2) is 4.39 Å². The number of thioether (sulfide) groups is 1. The summed E-state index contributed by atoms with van der Waals surface area (Å²) < 4.78 is 15.8. The van der Waals surface area contributed by atoms with E-state index in [1.165, 1.54) is 17.8 Å². The number of hydrogen-bond donors (Lipinski definition) is 0. The highest BCUT2D eigenvalue weighted by molar-refractivity contribution is 8.07. The van der Waals surface area contributed by atoms with Crippen molar-refractivity contribution in [2.75, 3.05) is 6.26 Å². The van der Waals surface area contributed by atoms with E-state index in [4.69, 9.17) is 0 Å². The fraction of sp³-hybridized carbons (Fsp3) is 0.105. The first-order chi connectivity index (χ1) is 12.2. The van der Waals surface area contributed by atoms with Gasteiger partial charge in [0.2, 0.25) is 0 Å². The van der Waals surface area contributed by atoms with Crippen LogP contribution in [0.5, 0.6) is 0 Å². The van der Waals surface area contributed by atoms with Crippen LogP contribution in [-0.2, 0) is 6.54 Å². The van der Waals surface area contributed by atoms with E-state index in [2.05, 4.69) is 21.8 Å². The van der Waals surface area contributed by atoms with Crippen molar-refractivity contribution < 1.29 is 4.39 Å². The number of rotatable bonds is 6. The number of halogens is 1. The first kappa shape index (κ1) is 17.1. The molecule has 3 rings (SSSR count). The van der Waals surface area contributed by atoms with Crippen molar-refractivity contribution in [3.8, 4) is 11.4 Å². The summed E-state index contributed by atoms with van der Waals surface area (Å²) in [5.74, 6) is -0.250. The summed E-state index contributed by atoms with van der Waals surface area (Å²) in [5, 5.41) is 4.64. The van der Waals surface area contributed by atoms with E-state index in [9.17, 15) is 4.39 Å². The molecule has 0 atom stereocenters. The molecule has 0 aliphatic rings. The standard InChI is InChI=1S/C19H17FN4S/c1-21-12-19(25-2)18-11-17(16-9-5-6-10-22-16)23-24(18)13-14-7-3-4-8-15(14)20/h3-12H,1,13H2,2H3/b19-12-. The molecule has 6 heteroatoms. The topological polar surface area (TPSA) is 43.1 Å². The molecule has 3 aromatic rings. The normalized spacial score (nSPS) is 11.5. The van der Waals surface area contributed by atoms with Gasteiger partial charge in [-0.1, -0.05) is 24.3 Å². The van der Waals surface area contributed by atoms with Crippen LogP contribution in [0.1, 0.15) is 11.3 Å². The molecule has 0 saturated heterocycles. The van der Waals surface area contributed by atoms with Gasteiger partial charge in [0, 0.05) is 18.0 Å². The average Bonchev–Trinajstić information content (AvgIpc) is 3.06. The summed E-state index contributed by atoms with van der Waals surface area (Å²) >= 11 is 1.54. The Morgan fingerprint density at radius 1 is 1.24 bits per heavy atom. The Hall–Kier alpha value is -2.73. The van der Waals surface area contributed by atoms with E-state index in [0.29, 0.717) is 12.1 Å². The average molecular weight is 352 g/mol. The van der Waals surface area contributed by atoms with Crippen molar-refractivity contribution in [3.05, 3.63) is 78.0 Å². The first-order valence-electron chi connectivity index (χ1n) is 7.66. The largest absolute Gasteiger partial charge is 0.271 e. The van der Waals surface area contributed by atoms with Crippen molar-refractivity contribution in [1.82, 2.24) is 14.8 Å². The summed E-state index contributed by atoms with van der Waals surface area (Å²) in [7, 11) is 0. The van der Waals surface area contributed by atoms with Crippen LogP contribution in [0.25, 0.3) is 16.3 Å². The summed E-state index contributed by atoms with van der Waals surface area (Å²) in [4.78, 5) is 9.12. The Kier molecular flexibility index (Phi) is 5.40. The lowest BCUT2D eigenvalue weighted by atomic mass is 10.2. The number of aliphatic imine (C=N–C) groups is 1. The molecule has 0 radical (unpaired) electrons. The molecule has 0 aliphatic heterocycles. The highest BCUT2D eigenvalue weighted by atomic mass is 32.2. The molecular weight excluding hydrogens is 335 g/mol. The molecule has 25 heavy (non-hydrogen) atoms. The molecule has 0 fully saturated rings. The van der Waals surface area contributed by atoms with Gasteiger partial charge in [0.25, 0.3) is 0 Å². The zero-order chi connectivity index (χ0) is 17.6. The van der Waals surface area contributed by atoms with Crippen LogP contribution < -0.4 is 0 Å². The Morgan fingerprint density at radius 3 is 2.72 bits per heavy atom. The van der Waals surface area contributed by atoms with Crippen molar-refractivity contribution in [1.29, 1.82) is 0 Å². The molecule has 0 aliphatic carbocycles. The maximum atomic E-state index is 14.1. The summed E-state index contributed by atoms with van der Waals surface area (Å²) in [6.45, 7) is 3.85. The molecular formula is C19H17FN4S. The molecule has 0 spiro atoms. The molecule has 0 bridgehead atoms. The lowest BCUT2D eigenvalue weighted by Crippen LogP contribution is -2.07. The van der Waals surface area contributed by atoms with Gasteiger partial charge in [-0.15, -0.1) is 11.8 Å². The zero-order valence-electron chi connectivity index (χ0n) is 13.8. The SMILES string of the molecule is C=N/C=C(\SC)c1cc(-c2ccccn2)nn1Cc1ccccc1F. The maximum Gasteiger partial charge on any atom is 0.128 e. The lowest BCUT2D eigenvalue weighted by Gasteiger charge is -2.09. The minimum Gasteiger partial charge on any atom is -0.271 e. The molecule has 2 heterocycles. The highest BCUT2D eigenvalue weighted by Gasteiger charge is 2.15. The molecule has 1 aromatic carbocycles. The Balaban J connectivity index is 2.08. The predicted molar refractivity (Wildman–Crippen MR) is 102 cm³/mol. The fourth-order valence-electron chi connectivity index (χ4n) is 2.47. The van der Waals surface area contributed by atoms with E-state index >= 15 is 0 Å². The monoisotopic (exact) mass is 352 g/mol. The van der Waals surface area contributed by atoms with Gasteiger partial charge in [-0.05, 0) is 37.2 Å². The van der Waals surface area contributed by atoms with Gasteiger partial charge in [0.15, 0.2) is 0 Å². The van der Waals surface area contributed by atoms with Crippen molar-refractivity contribution >= 4 is 23.4 Å². The minimum atomic E-state index is -0.250. The van der Waals surface area contributed by atoms with Crippen LogP contribution in [0, 0.1) is 5.82 Å². The first-order valence-corrected chi connectivity index (χ1v) is 8.88. The number of aromatic nitrogens is 3. The molecule has 2 aromatic heterocycles. The third-order valence-electron chi connectivity index (χ3n) is 3.67. The predicted octanol–water partition coefficient (Wildman–Crippen LogP) is 4.49. The minimum absolute atomic E-state index is 0.250. The van der Waals surface area contributed by atoms with E-state index in [-0.39, 0.29) is 5.82 Å². The fourth-order valence-corrected chi connectivity index (χ4v) is 3.02. The Bertz CT molecular complexity index is 903. The smallest absolute Gasteiger partial charge is 0.128 e. The number of benzene rings is 1. The van der Waals surface area contributed by atoms with Crippen LogP contribution >= 0.6 is 11.8 Å². The van der Waals surface area contributed by atoms with Crippen molar-refractivity contribution in [3.63, 3.8) is 0 Å². The molecule has 126 valence electrons. The van der Waals surface area contributed by atoms with Gasteiger partial charge in [-0.2, -0.15) is 5.10 Å². The van der Waals surface area contributed by atoms with Gasteiger partial charge >= 0.3 is 0 Å². The maximum absolute atomic E-state index is 14.1. The van der Waals surface area contributed by atoms with Crippen LogP contribution in [0.2, 0.25) is 0 Å². The number of nitrogens with zero attached hydrogens (tertiary/aromatic N) is 4. The van der Waals surface area contributed by atoms with Crippen molar-refractivity contribution in [2.24, 2.45) is 4.99 Å². The molecule has 0 saturated carbocycles. The summed E-state index contributed by atoms with van der Waals surface area (Å²) in [5.41, 5.74) is 2.93. The highest BCUT2D eigenvalue weighted by Crippen LogP contribution is 2.29. The van der Waals surface area contributed by atoms with Gasteiger partial charge in [0.05, 0.1) is 22.8 Å². The van der Waals surface area contributed by atoms with E-state index in [1.807, 2.05) is 36.6 Å². The molecule has 0 amide bonds. The Morgan fingerprint density at radius 2 is 2.04 bits per heavy atom. The second-order valence-corrected chi connectivity index (χ2v) is 6.11. The third-order valence-corrected chi connectivity index (χ3v) is 4.42. The second-order valence-electron chi connectivity index (χ2n) is 5.26. The van der Waals surface area contributed by atoms with E-state index < -0.39 is 0 Å². The quantitative estimate of drug-likeness (QED) is 0.614. The number of hydrogen-bond acceptors (Lipinski definition) is 4. The van der Waals surface area contributed by atoms with E-state index in [1.54, 1.807) is 29.2 Å². The van der Waals surface area contributed by atoms with Crippen LogP contribution in [0.4, 0.5) is 4.39 Å². The third kappa shape index (κ3) is 3.85. The Labute approximate surface area is 150 Å². The zero-order valence-corrected chi connectivity index (χ0v) is 14.6. The van der Waals surface area contributed by atoms with Crippen LogP contribution in [0.3, 0.4) is 0 Å². The number of pyridine rings is 1. The molecule has 0 N–H and O–H groups in total. The molecule has 0 unspecified atom stereocenters. The van der Waals surface area contributed by atoms with Crippen molar-refractivity contribution in [2.45, 2.75) is 6.54 Å². The summed E-state index contributed by atoms with van der Waals surface area (Å²) in [6.07, 6.45) is 5.36. The van der Waals surface area contributed by atoms with Crippen LogP contribution in [-0.4, -0.2) is 27.7 Å². The van der Waals surface area contributed by atoms with Gasteiger partial charge in [-0.3, -0.25) is 14.7 Å². The van der Waals surface area contributed by atoms with E-state index in [0.717, 1.165) is 22.0 Å². The summed E-state index contributed by atoms with van der Waals surface area (Å²) in [6, 6.07) is 14.3. The second kappa shape index (κ2) is 7.90. The van der Waals surface area contributed by atoms with Crippen LogP contribution in [0.15, 0.2) is 65.9 Å². The molecule has 4 nitrogen and oxygen atoms in total. The van der Waals surface area contributed by atoms with Gasteiger partial charge < -0.3 is 0 Å².